The van der Waals surface area contributed by atoms with E-state index in [1.807, 2.05) is 30.3 Å². The van der Waals surface area contributed by atoms with Gasteiger partial charge in [0, 0.05) is 32.7 Å². The Labute approximate surface area is 294 Å². The molecule has 51 heavy (non-hydrogen) atoms. The normalized spacial score (nSPS) is 11.7. The van der Waals surface area contributed by atoms with Crippen molar-refractivity contribution in [3.63, 3.8) is 0 Å². The fraction of sp³-hybridized carbons (Fsp3) is 0.424. The summed E-state index contributed by atoms with van der Waals surface area (Å²) in [5.41, 5.74) is 11.5. The van der Waals surface area contributed by atoms with Gasteiger partial charge in [0.15, 0.2) is 0 Å². The van der Waals surface area contributed by atoms with Gasteiger partial charge < -0.3 is 31.5 Å². The number of primary amides is 1. The Balaban J connectivity index is 1.90. The Bertz CT molecular complexity index is 1400. The van der Waals surface area contributed by atoms with Crippen LogP contribution in [-0.2, 0) is 41.7 Å². The smallest absolute Gasteiger partial charge is 0.366 e. The minimum atomic E-state index is -1.25. The first-order valence-corrected chi connectivity index (χ1v) is 16.1. The van der Waals surface area contributed by atoms with Gasteiger partial charge in [-0.25, -0.2) is 4.79 Å². The zero-order valence-electron chi connectivity index (χ0n) is 28.1. The third-order valence-electron chi connectivity index (χ3n) is 7.50. The van der Waals surface area contributed by atoms with E-state index < -0.39 is 73.8 Å². The number of rotatable bonds is 24. The number of hydrogen-bond donors (Lipinski definition) is 8. The number of aliphatic carboxylic acids is 4. The van der Waals surface area contributed by atoms with Gasteiger partial charge in [-0.1, -0.05) is 42.5 Å². The molecule has 0 radical (unpaired) electrons. The molecular weight excluding hydrogens is 670 g/mol. The van der Waals surface area contributed by atoms with Crippen molar-refractivity contribution < 1.29 is 59.4 Å². The van der Waals surface area contributed by atoms with Crippen LogP contribution in [0.1, 0.15) is 34.3 Å². The van der Waals surface area contributed by atoms with Crippen molar-refractivity contribution in [1.29, 1.82) is 0 Å². The van der Waals surface area contributed by atoms with Gasteiger partial charge in [0.2, 0.25) is 5.91 Å². The highest BCUT2D eigenvalue weighted by molar-refractivity contribution is 5.88. The maximum absolute atomic E-state index is 12.9. The maximum Gasteiger partial charge on any atom is 0.366 e. The number of nitrogens with zero attached hydrogens (tertiary/aromatic N) is 3. The van der Waals surface area contributed by atoms with Crippen LogP contribution in [0, 0.1) is 0 Å². The molecule has 18 nitrogen and oxygen atoms in total. The van der Waals surface area contributed by atoms with Crippen LogP contribution in [0.2, 0.25) is 0 Å². The molecule has 0 bridgehead atoms. The molecule has 2 rings (SSSR count). The van der Waals surface area contributed by atoms with Gasteiger partial charge in [0.05, 0.1) is 44.3 Å². The van der Waals surface area contributed by atoms with Crippen molar-refractivity contribution in [1.82, 2.24) is 25.4 Å². The van der Waals surface area contributed by atoms with E-state index in [2.05, 4.69) is 10.7 Å². The molecule has 2 aromatic rings. The predicted octanol–water partition coefficient (Wildman–Crippen LogP) is -2.37. The lowest BCUT2D eigenvalue weighted by molar-refractivity contribution is -0.603. The van der Waals surface area contributed by atoms with Gasteiger partial charge in [-0.15, -0.1) is 0 Å². The Morgan fingerprint density at radius 1 is 0.647 bits per heavy atom. The third kappa shape index (κ3) is 18.3. The zero-order chi connectivity index (χ0) is 37.8. The molecule has 0 aliphatic rings. The molecule has 2 aromatic carbocycles. The Morgan fingerprint density at radius 2 is 1.14 bits per heavy atom. The lowest BCUT2D eigenvalue weighted by atomic mass is 10.0. The summed E-state index contributed by atoms with van der Waals surface area (Å²) in [6.45, 7) is -2.54. The molecule has 0 fully saturated rings. The van der Waals surface area contributed by atoms with E-state index in [0.29, 0.717) is 18.4 Å². The lowest BCUT2D eigenvalue weighted by Gasteiger charge is -2.28. The standard InChI is InChI=1S/C33H45N7O11/c34-26(8-4-7-23-5-2-1-3-6-23)33(51)37-36-32(50)25-11-9-24(10-12-25)17-35-27(41)18-38(13-15-39(19-28(42)43)20-29(44)45)14-16-40(21-30(46)47)22-31(48)49/h1-3,5-6,9-12,26H,4,7-8,13-22,34H2,(H,35,41)(H,36,50)(H,37,51)(H,42,43)(H,44,45)(H,46,47)(H,48,49)/p+1/t26-/m1/s1. The maximum atomic E-state index is 12.9. The molecule has 3 amide bonds. The molecule has 0 aliphatic heterocycles. The topological polar surface area (TPSA) is 277 Å². The number of carboxylic acid groups (broad SMARTS) is 4. The minimum absolute atomic E-state index is 0.0183. The second-order valence-electron chi connectivity index (χ2n) is 11.7. The summed E-state index contributed by atoms with van der Waals surface area (Å²) in [6, 6.07) is 15.3. The van der Waals surface area contributed by atoms with Crippen LogP contribution in [0.15, 0.2) is 54.6 Å². The van der Waals surface area contributed by atoms with E-state index in [9.17, 15) is 33.6 Å². The third-order valence-corrected chi connectivity index (χ3v) is 7.50. The van der Waals surface area contributed by atoms with Crippen molar-refractivity contribution >= 4 is 41.6 Å². The zero-order valence-corrected chi connectivity index (χ0v) is 28.1. The first kappa shape index (κ1) is 41.9. The van der Waals surface area contributed by atoms with Gasteiger partial charge in [-0.2, -0.15) is 10.9 Å². The molecule has 10 N–H and O–H groups in total. The highest BCUT2D eigenvalue weighted by Gasteiger charge is 2.21. The van der Waals surface area contributed by atoms with E-state index in [4.69, 9.17) is 26.2 Å². The van der Waals surface area contributed by atoms with Crippen molar-refractivity contribution in [3.8, 4) is 0 Å². The fourth-order valence-corrected chi connectivity index (χ4v) is 4.90. The van der Waals surface area contributed by atoms with Crippen LogP contribution >= 0.6 is 0 Å². The van der Waals surface area contributed by atoms with Crippen LogP contribution < -0.4 is 21.9 Å². The van der Waals surface area contributed by atoms with Crippen LogP contribution in [0.3, 0.4) is 0 Å². The number of amides is 3. The molecule has 278 valence electrons. The summed E-state index contributed by atoms with van der Waals surface area (Å²) in [4.78, 5) is 86.4. The molecule has 0 unspecified atom stereocenters. The van der Waals surface area contributed by atoms with Crippen LogP contribution in [0.25, 0.3) is 0 Å². The number of carbonyl (C=O) groups excluding carboxylic acids is 3. The second kappa shape index (κ2) is 22.4. The number of quaternary nitrogens is 1. The summed E-state index contributed by atoms with van der Waals surface area (Å²) < 4.78 is 0. The Morgan fingerprint density at radius 3 is 1.63 bits per heavy atom. The van der Waals surface area contributed by atoms with Gasteiger partial charge in [0.1, 0.15) is 0 Å². The highest BCUT2D eigenvalue weighted by atomic mass is 16.4. The number of carboxylic acids is 4. The van der Waals surface area contributed by atoms with Gasteiger partial charge in [-0.05, 0) is 42.5 Å². The van der Waals surface area contributed by atoms with Crippen LogP contribution in [-0.4, -0.2) is 142 Å². The largest absolute Gasteiger partial charge is 0.480 e. The van der Waals surface area contributed by atoms with Crippen molar-refractivity contribution in [3.05, 3.63) is 71.3 Å². The van der Waals surface area contributed by atoms with E-state index in [0.717, 1.165) is 27.2 Å². The van der Waals surface area contributed by atoms with Gasteiger partial charge in [-0.3, -0.25) is 43.5 Å². The highest BCUT2D eigenvalue weighted by Crippen LogP contribution is 2.06. The molecule has 1 atom stereocenters. The summed E-state index contributed by atoms with van der Waals surface area (Å²) in [5.74, 6) is -6.40. The average molecular weight is 717 g/mol. The molecule has 0 aliphatic carbocycles. The summed E-state index contributed by atoms with van der Waals surface area (Å²) in [5, 5.41) is 39.2. The second-order valence-corrected chi connectivity index (χ2v) is 11.7. The quantitative estimate of drug-likeness (QED) is 0.0320. The van der Waals surface area contributed by atoms with E-state index in [-0.39, 0.29) is 44.8 Å². The molecular formula is C33H46N7O11+. The summed E-state index contributed by atoms with van der Waals surface area (Å²) >= 11 is 0. The van der Waals surface area contributed by atoms with Crippen LogP contribution in [0.5, 0.6) is 0 Å². The summed E-state index contributed by atoms with van der Waals surface area (Å²) in [7, 11) is 0. The van der Waals surface area contributed by atoms with E-state index >= 15 is 0 Å². The van der Waals surface area contributed by atoms with Crippen molar-refractivity contribution in [2.75, 3.05) is 58.9 Å². The first-order chi connectivity index (χ1) is 24.2. The van der Waals surface area contributed by atoms with E-state index in [1.165, 1.54) is 17.0 Å². The number of hydrogen-bond acceptors (Lipinski definition) is 11. The van der Waals surface area contributed by atoms with Gasteiger partial charge >= 0.3 is 29.8 Å². The minimum Gasteiger partial charge on any atom is -0.480 e. The SMILES string of the molecule is N[C@H](CCCc1ccccc1)C(=O)N[NH2+]C(=O)c1ccc(CNC(=O)CN(CCN(CC(=O)O)CC(=O)O)CCN(CC(=O)O)CC(=O)O)cc1. The number of nitrogens with two attached hydrogens (primary N) is 2. The van der Waals surface area contributed by atoms with E-state index in [1.54, 1.807) is 12.1 Å². The molecule has 0 saturated carbocycles. The average Bonchev–Trinajstić information content (AvgIpc) is 3.06. The Hall–Kier alpha value is -5.27. The van der Waals surface area contributed by atoms with Crippen molar-refractivity contribution in [2.24, 2.45) is 5.73 Å². The van der Waals surface area contributed by atoms with Crippen LogP contribution in [0.4, 0.5) is 0 Å². The number of aryl methyl sites for hydroxylation is 1. The number of benzene rings is 2. The molecule has 0 saturated heterocycles. The fourth-order valence-electron chi connectivity index (χ4n) is 4.90. The molecule has 0 heterocycles. The summed E-state index contributed by atoms with van der Waals surface area (Å²) in [6.07, 6.45) is 1.93. The number of carbonyl (C=O) groups is 7. The monoisotopic (exact) mass is 716 g/mol. The Kier molecular flexibility index (Phi) is 18.4. The van der Waals surface area contributed by atoms with Gasteiger partial charge in [0.25, 0.3) is 5.91 Å². The predicted molar refractivity (Wildman–Crippen MR) is 180 cm³/mol. The number of nitrogens with one attached hydrogen (secondary N) is 2. The first-order valence-electron chi connectivity index (χ1n) is 16.1. The molecule has 0 spiro atoms. The van der Waals surface area contributed by atoms with Crippen molar-refractivity contribution in [2.45, 2.75) is 31.8 Å². The lowest BCUT2D eigenvalue weighted by Crippen LogP contribution is -2.98. The molecule has 18 heteroatoms. The molecule has 0 aromatic heterocycles.